The molecule has 0 aromatic heterocycles. The lowest BCUT2D eigenvalue weighted by Crippen LogP contribution is -1.90. The summed E-state index contributed by atoms with van der Waals surface area (Å²) in [6.45, 7) is 2.28. The summed E-state index contributed by atoms with van der Waals surface area (Å²) in [5.41, 5.74) is 1.27. The van der Waals surface area contributed by atoms with Crippen molar-refractivity contribution in [2.45, 2.75) is 89.4 Å². The Bertz CT molecular complexity index is 320. The van der Waals surface area contributed by atoms with E-state index < -0.39 is 0 Å². The van der Waals surface area contributed by atoms with Crippen LogP contribution in [0.15, 0.2) is 30.3 Å². The summed E-state index contributed by atoms with van der Waals surface area (Å²) in [6, 6.07) is 10.5. The molecule has 120 valence electrons. The lowest BCUT2D eigenvalue weighted by atomic mass is 10.0. The number of hydrogen-bond donors (Lipinski definition) is 0. The van der Waals surface area contributed by atoms with Crippen LogP contribution in [0.25, 0.3) is 0 Å². The van der Waals surface area contributed by atoms with Crippen LogP contribution in [0, 0.1) is 0 Å². The molecule has 0 spiro atoms. The summed E-state index contributed by atoms with van der Waals surface area (Å²) in [5, 5.41) is 0.199. The van der Waals surface area contributed by atoms with Crippen LogP contribution < -0.4 is 0 Å². The Morgan fingerprint density at radius 2 is 1.19 bits per heavy atom. The Labute approximate surface area is 137 Å². The van der Waals surface area contributed by atoms with Crippen molar-refractivity contribution >= 4 is 11.6 Å². The summed E-state index contributed by atoms with van der Waals surface area (Å²) in [4.78, 5) is 0. The van der Waals surface area contributed by atoms with Gasteiger partial charge in [0, 0.05) is 0 Å². The number of benzene rings is 1. The Morgan fingerprint density at radius 3 is 1.71 bits per heavy atom. The van der Waals surface area contributed by atoms with Crippen molar-refractivity contribution in [3.8, 4) is 0 Å². The third-order valence-corrected chi connectivity index (χ3v) is 4.69. The first-order chi connectivity index (χ1) is 10.3. The molecule has 0 radical (unpaired) electrons. The lowest BCUT2D eigenvalue weighted by molar-refractivity contribution is 0.542. The minimum absolute atomic E-state index is 0.199. The van der Waals surface area contributed by atoms with Gasteiger partial charge in [-0.1, -0.05) is 108 Å². The predicted octanol–water partition coefficient (Wildman–Crippen LogP) is 7.67. The normalized spacial score (nSPS) is 12.5. The van der Waals surface area contributed by atoms with E-state index in [2.05, 4.69) is 37.3 Å². The average Bonchev–Trinajstić information content (AvgIpc) is 2.53. The van der Waals surface area contributed by atoms with Crippen LogP contribution in [-0.2, 0) is 0 Å². The summed E-state index contributed by atoms with van der Waals surface area (Å²) in [7, 11) is 0. The van der Waals surface area contributed by atoms with E-state index in [1.807, 2.05) is 0 Å². The predicted molar refractivity (Wildman–Crippen MR) is 96.1 cm³/mol. The lowest BCUT2D eigenvalue weighted by Gasteiger charge is -2.09. The first-order valence-electron chi connectivity index (χ1n) is 9.03. The van der Waals surface area contributed by atoms with Gasteiger partial charge in [0.05, 0.1) is 5.38 Å². The summed E-state index contributed by atoms with van der Waals surface area (Å²) < 4.78 is 0. The van der Waals surface area contributed by atoms with Gasteiger partial charge >= 0.3 is 0 Å². The van der Waals surface area contributed by atoms with Crippen molar-refractivity contribution in [3.63, 3.8) is 0 Å². The van der Waals surface area contributed by atoms with Gasteiger partial charge in [0.1, 0.15) is 0 Å². The van der Waals surface area contributed by atoms with Crippen LogP contribution >= 0.6 is 11.6 Å². The maximum Gasteiger partial charge on any atom is 0.0585 e. The highest BCUT2D eigenvalue weighted by Crippen LogP contribution is 2.26. The van der Waals surface area contributed by atoms with Gasteiger partial charge in [0.15, 0.2) is 0 Å². The van der Waals surface area contributed by atoms with Crippen molar-refractivity contribution in [2.24, 2.45) is 0 Å². The number of rotatable bonds is 13. The molecule has 1 heteroatoms. The van der Waals surface area contributed by atoms with Gasteiger partial charge in [-0.15, -0.1) is 11.6 Å². The Hall–Kier alpha value is -0.490. The molecule has 1 aromatic carbocycles. The number of hydrogen-bond acceptors (Lipinski definition) is 0. The zero-order valence-corrected chi connectivity index (χ0v) is 14.6. The standard InChI is InChI=1S/C20H33Cl/c1-2-3-4-5-6-7-8-9-10-11-15-18-20(21)19-16-13-12-14-17-19/h12-14,16-17,20H,2-11,15,18H2,1H3. The SMILES string of the molecule is CCCCCCCCCCCCCC(Cl)c1ccccc1. The summed E-state index contributed by atoms with van der Waals surface area (Å²) in [6.07, 6.45) is 16.5. The van der Waals surface area contributed by atoms with E-state index in [0.717, 1.165) is 6.42 Å². The monoisotopic (exact) mass is 308 g/mol. The van der Waals surface area contributed by atoms with Crippen LogP contribution in [0.2, 0.25) is 0 Å². The van der Waals surface area contributed by atoms with Gasteiger partial charge in [-0.25, -0.2) is 0 Å². The fraction of sp³-hybridized carbons (Fsp3) is 0.700. The molecule has 0 nitrogen and oxygen atoms in total. The van der Waals surface area contributed by atoms with Crippen LogP contribution in [0.3, 0.4) is 0 Å². The van der Waals surface area contributed by atoms with E-state index in [0.29, 0.717) is 0 Å². The molecular weight excluding hydrogens is 276 g/mol. The fourth-order valence-corrected chi connectivity index (χ4v) is 3.12. The molecular formula is C20H33Cl. The highest BCUT2D eigenvalue weighted by molar-refractivity contribution is 6.20. The Kier molecular flexibility index (Phi) is 11.7. The van der Waals surface area contributed by atoms with Crippen molar-refractivity contribution in [1.29, 1.82) is 0 Å². The van der Waals surface area contributed by atoms with Gasteiger partial charge in [0.2, 0.25) is 0 Å². The zero-order chi connectivity index (χ0) is 15.2. The molecule has 1 atom stereocenters. The minimum Gasteiger partial charge on any atom is -0.118 e. The fourth-order valence-electron chi connectivity index (χ4n) is 2.82. The Morgan fingerprint density at radius 1 is 0.714 bits per heavy atom. The molecule has 0 aliphatic heterocycles. The van der Waals surface area contributed by atoms with Gasteiger partial charge in [0.25, 0.3) is 0 Å². The van der Waals surface area contributed by atoms with Crippen molar-refractivity contribution in [2.75, 3.05) is 0 Å². The van der Waals surface area contributed by atoms with Crippen LogP contribution in [0.4, 0.5) is 0 Å². The van der Waals surface area contributed by atoms with Crippen LogP contribution in [0.5, 0.6) is 0 Å². The number of unbranched alkanes of at least 4 members (excludes halogenated alkanes) is 10. The molecule has 0 heterocycles. The molecule has 0 aliphatic rings. The highest BCUT2D eigenvalue weighted by atomic mass is 35.5. The highest BCUT2D eigenvalue weighted by Gasteiger charge is 2.06. The molecule has 1 rings (SSSR count). The first-order valence-corrected chi connectivity index (χ1v) is 9.47. The smallest absolute Gasteiger partial charge is 0.0585 e. The van der Waals surface area contributed by atoms with Crippen LogP contribution in [-0.4, -0.2) is 0 Å². The van der Waals surface area contributed by atoms with Gasteiger partial charge in [-0.05, 0) is 12.0 Å². The minimum atomic E-state index is 0.199. The second-order valence-electron chi connectivity index (χ2n) is 6.20. The van der Waals surface area contributed by atoms with Crippen molar-refractivity contribution in [3.05, 3.63) is 35.9 Å². The second-order valence-corrected chi connectivity index (χ2v) is 6.73. The molecule has 0 bridgehead atoms. The molecule has 21 heavy (non-hydrogen) atoms. The molecule has 0 amide bonds. The average molecular weight is 309 g/mol. The van der Waals surface area contributed by atoms with E-state index in [4.69, 9.17) is 11.6 Å². The quantitative estimate of drug-likeness (QED) is 0.259. The van der Waals surface area contributed by atoms with E-state index in [-0.39, 0.29) is 5.38 Å². The van der Waals surface area contributed by atoms with Crippen LogP contribution in [0.1, 0.15) is 94.9 Å². The van der Waals surface area contributed by atoms with E-state index >= 15 is 0 Å². The van der Waals surface area contributed by atoms with Gasteiger partial charge in [-0.2, -0.15) is 0 Å². The largest absolute Gasteiger partial charge is 0.118 e. The maximum atomic E-state index is 6.43. The third kappa shape index (κ3) is 9.96. The molecule has 0 fully saturated rings. The van der Waals surface area contributed by atoms with Crippen molar-refractivity contribution < 1.29 is 0 Å². The Balaban J connectivity index is 1.86. The molecule has 0 aliphatic carbocycles. The first kappa shape index (κ1) is 18.6. The van der Waals surface area contributed by atoms with E-state index in [9.17, 15) is 0 Å². The topological polar surface area (TPSA) is 0 Å². The number of alkyl halides is 1. The molecule has 0 saturated carbocycles. The number of halogens is 1. The molecule has 1 unspecified atom stereocenters. The van der Waals surface area contributed by atoms with E-state index in [1.165, 1.54) is 76.2 Å². The molecule has 0 saturated heterocycles. The third-order valence-electron chi connectivity index (χ3n) is 4.22. The second kappa shape index (κ2) is 13.2. The van der Waals surface area contributed by atoms with E-state index in [1.54, 1.807) is 0 Å². The zero-order valence-electron chi connectivity index (χ0n) is 13.8. The van der Waals surface area contributed by atoms with Crippen molar-refractivity contribution in [1.82, 2.24) is 0 Å². The molecule has 0 N–H and O–H groups in total. The van der Waals surface area contributed by atoms with Gasteiger partial charge < -0.3 is 0 Å². The van der Waals surface area contributed by atoms with Gasteiger partial charge in [-0.3, -0.25) is 0 Å². The molecule has 1 aromatic rings. The summed E-state index contributed by atoms with van der Waals surface area (Å²) in [5.74, 6) is 0. The maximum absolute atomic E-state index is 6.43. The summed E-state index contributed by atoms with van der Waals surface area (Å²) >= 11 is 6.43.